The lowest BCUT2D eigenvalue weighted by Crippen LogP contribution is -2.42. The summed E-state index contributed by atoms with van der Waals surface area (Å²) in [6.45, 7) is 2.48. The molecule has 0 bridgehead atoms. The van der Waals surface area contributed by atoms with Crippen LogP contribution >= 0.6 is 11.6 Å². The molecule has 0 saturated heterocycles. The number of halogens is 1. The van der Waals surface area contributed by atoms with Crippen molar-refractivity contribution >= 4 is 98.7 Å². The van der Waals surface area contributed by atoms with Gasteiger partial charge in [0.2, 0.25) is 58.1 Å². The number of esters is 1. The number of benzene rings is 1. The number of amides is 3. The second-order valence-electron chi connectivity index (χ2n) is 16.3. The van der Waals surface area contributed by atoms with Gasteiger partial charge >= 0.3 is 23.4 Å². The fourth-order valence-electron chi connectivity index (χ4n) is 6.42. The summed E-state index contributed by atoms with van der Waals surface area (Å²) in [5.41, 5.74) is 24.5. The van der Waals surface area contributed by atoms with Crippen LogP contribution < -0.4 is 77.5 Å². The highest BCUT2D eigenvalue weighted by Crippen LogP contribution is 2.31. The summed E-state index contributed by atoms with van der Waals surface area (Å²) in [5, 5.41) is 31.4. The van der Waals surface area contributed by atoms with Gasteiger partial charge in [0, 0.05) is 48.5 Å². The van der Waals surface area contributed by atoms with Crippen molar-refractivity contribution < 1.29 is 66.9 Å². The van der Waals surface area contributed by atoms with Gasteiger partial charge in [0.15, 0.2) is 23.3 Å². The topological polar surface area (TPSA) is 461 Å². The molecule has 3 amide bonds. The molecule has 0 spiro atoms. The molecule has 33 nitrogen and oxygen atoms in total. The highest BCUT2D eigenvalue weighted by molar-refractivity contribution is 6.31. The molecule has 12 N–H and O–H groups in total. The Balaban J connectivity index is 0.000000227. The fourth-order valence-corrected chi connectivity index (χ4v) is 6.63. The van der Waals surface area contributed by atoms with Gasteiger partial charge < -0.3 is 82.1 Å². The number of nitrogen functional groups attached to an aromatic ring is 4. The van der Waals surface area contributed by atoms with E-state index >= 15 is 0 Å². The molecule has 0 radical (unpaired) electrons. The molecule has 86 heavy (non-hydrogen) atoms. The number of fused-ring (bicyclic) bond motifs is 2. The Labute approximate surface area is 494 Å². The highest BCUT2D eigenvalue weighted by atomic mass is 35.5. The summed E-state index contributed by atoms with van der Waals surface area (Å²) in [4.78, 5) is 89.9. The first-order valence-electron chi connectivity index (χ1n) is 24.6. The van der Waals surface area contributed by atoms with Gasteiger partial charge in [-0.25, -0.2) is 4.79 Å². The predicted octanol–water partition coefficient (Wildman–Crippen LogP) is 5.77. The van der Waals surface area contributed by atoms with Gasteiger partial charge in [0.1, 0.15) is 19.7 Å². The Bertz CT molecular complexity index is 3380. The average molecular weight is 1210 g/mol. The minimum absolute atomic E-state index is 0.0616. The minimum atomic E-state index is -0.602. The molecule has 7 aromatic rings. The van der Waals surface area contributed by atoms with Crippen LogP contribution in [0, 0.1) is 20.2 Å². The number of nitro groups is 2. The predicted molar refractivity (Wildman–Crippen MR) is 316 cm³/mol. The van der Waals surface area contributed by atoms with Crippen molar-refractivity contribution in [1.29, 1.82) is 0 Å². The van der Waals surface area contributed by atoms with Crippen molar-refractivity contribution in [2.24, 2.45) is 0 Å². The second kappa shape index (κ2) is 34.1. The van der Waals surface area contributed by atoms with E-state index in [1.165, 1.54) is 71.8 Å². The van der Waals surface area contributed by atoms with Gasteiger partial charge in [-0.05, 0) is 36.8 Å². The summed E-state index contributed by atoms with van der Waals surface area (Å²) in [6, 6.07) is 28.1. The standard InChI is InChI=1S/C16H15N3O4.C10H15N3O3.C8H9N3O2.C6H5ClN2O3.C6H7N3O3.C6H9N3O/c1-22-14-8-7-12-15(18-14)17-13(20)9-19(12)16(21)23-10-11-5-3-2-4-6-11;1-3-16-9(14)6-12-7-4-5-8(15-2)13-10(7)11;1-13-7-3-2-5-8(11-7)10-6(12)4-9-5;2*1-12-5-3-2-4(9(10)11)6(7)8-5;1-10-5-3-2-4(7)6(8)9-5/h2-8H,9-10H2,1H3,(H,17,18,20);4-5,12H,3,6H2,1-2H3,(H2,11,13);2-3,9H,4H2,1H3,(H,10,11,12);2-3H,1H3;2-3H,1H3,(H2,7,8);2-3H,7H2,1H3,(H2,8,9). The van der Waals surface area contributed by atoms with Crippen LogP contribution in [0.2, 0.25) is 5.15 Å². The number of carbonyl (C=O) groups excluding carboxylic acids is 4. The summed E-state index contributed by atoms with van der Waals surface area (Å²) in [6.07, 6.45) is -0.600. The molecule has 0 fully saturated rings. The maximum absolute atomic E-state index is 12.3. The number of anilines is 9. The highest BCUT2D eigenvalue weighted by Gasteiger charge is 2.29. The van der Waals surface area contributed by atoms with Crippen LogP contribution in [-0.2, 0) is 30.5 Å². The van der Waals surface area contributed by atoms with Crippen molar-refractivity contribution in [2.75, 3.05) is 118 Å². The van der Waals surface area contributed by atoms with Crippen LogP contribution in [0.4, 0.5) is 68.0 Å². The number of ether oxygens (including phenoxy) is 8. The van der Waals surface area contributed by atoms with E-state index in [1.807, 2.05) is 36.4 Å². The van der Waals surface area contributed by atoms with Crippen LogP contribution in [0.25, 0.3) is 0 Å². The quantitative estimate of drug-likeness (QED) is 0.0277. The largest absolute Gasteiger partial charge is 0.481 e. The Kier molecular flexibility index (Phi) is 26.5. The lowest BCUT2D eigenvalue weighted by Gasteiger charge is -2.27. The smallest absolute Gasteiger partial charge is 0.415 e. The van der Waals surface area contributed by atoms with E-state index in [2.05, 4.69) is 51.2 Å². The number of pyridine rings is 6. The van der Waals surface area contributed by atoms with Gasteiger partial charge in [-0.3, -0.25) is 39.5 Å². The lowest BCUT2D eigenvalue weighted by molar-refractivity contribution is -0.385. The van der Waals surface area contributed by atoms with E-state index in [9.17, 15) is 39.4 Å². The van der Waals surface area contributed by atoms with Gasteiger partial charge in [0.25, 0.3) is 0 Å². The van der Waals surface area contributed by atoms with E-state index in [0.29, 0.717) is 65.4 Å². The summed E-state index contributed by atoms with van der Waals surface area (Å²) < 4.78 is 39.1. The van der Waals surface area contributed by atoms with Crippen LogP contribution in [0.5, 0.6) is 35.3 Å². The second-order valence-corrected chi connectivity index (χ2v) is 16.6. The van der Waals surface area contributed by atoms with E-state index in [4.69, 9.17) is 72.4 Å². The molecule has 9 rings (SSSR count). The Morgan fingerprint density at radius 1 is 0.605 bits per heavy atom. The first kappa shape index (κ1) is 67.0. The number of nitrogens with one attached hydrogen (secondary N) is 4. The fraction of sp³-hybridized carbons (Fsp3) is 0.231. The minimum Gasteiger partial charge on any atom is -0.481 e. The van der Waals surface area contributed by atoms with Gasteiger partial charge in [-0.1, -0.05) is 41.9 Å². The number of nitrogens with zero attached hydrogens (tertiary/aromatic N) is 9. The van der Waals surface area contributed by atoms with E-state index in [0.717, 1.165) is 11.3 Å². The number of nitrogens with two attached hydrogens (primary N) is 4. The van der Waals surface area contributed by atoms with Gasteiger partial charge in [0.05, 0.1) is 88.4 Å². The molecule has 34 heteroatoms. The molecule has 1 aromatic carbocycles. The van der Waals surface area contributed by atoms with Crippen LogP contribution in [0.3, 0.4) is 0 Å². The molecule has 2 aliphatic rings. The maximum Gasteiger partial charge on any atom is 0.415 e. The third kappa shape index (κ3) is 21.1. The van der Waals surface area contributed by atoms with E-state index in [1.54, 1.807) is 49.4 Å². The van der Waals surface area contributed by atoms with Crippen molar-refractivity contribution in [3.05, 3.63) is 134 Å². The third-order valence-corrected chi connectivity index (χ3v) is 10.9. The number of rotatable bonds is 14. The Morgan fingerprint density at radius 3 is 1.65 bits per heavy atom. The number of methoxy groups -OCH3 is 6. The molecule has 6 aromatic heterocycles. The molecule has 456 valence electrons. The van der Waals surface area contributed by atoms with Crippen LogP contribution in [0.15, 0.2) is 103 Å². The van der Waals surface area contributed by atoms with Gasteiger partial charge in [-0.15, -0.1) is 0 Å². The zero-order chi connectivity index (χ0) is 63.3. The monoisotopic (exact) mass is 1210 g/mol. The molecule has 0 atom stereocenters. The SMILES string of the molecule is CCOC(=O)CNc1ccc(OC)nc1N.COc1ccc(N)c(N)n1.COc1ccc([N+](=O)[O-])c(Cl)n1.COc1ccc([N+](=O)[O-])c(N)n1.COc1ccc2c(n1)NC(=O)CN2.COc1ccc2c(n1)NC(=O)CN2C(=O)OCc1ccccc1. The lowest BCUT2D eigenvalue weighted by atomic mass is 10.2. The molecule has 8 heterocycles. The Morgan fingerprint density at radius 2 is 1.10 bits per heavy atom. The number of carbonyl (C=O) groups is 4. The van der Waals surface area contributed by atoms with Crippen molar-refractivity contribution in [3.8, 4) is 35.3 Å². The molecule has 0 saturated carbocycles. The van der Waals surface area contributed by atoms with Crippen molar-refractivity contribution in [1.82, 2.24) is 29.9 Å². The molecule has 0 aliphatic carbocycles. The number of hydrogen-bond acceptors (Lipinski definition) is 28. The number of aromatic nitrogens is 6. The molecular formula is C52H60ClN17O16. The first-order chi connectivity index (χ1) is 41.2. The zero-order valence-corrected chi connectivity index (χ0v) is 47.9. The van der Waals surface area contributed by atoms with Crippen LogP contribution in [-0.4, -0.2) is 133 Å². The van der Waals surface area contributed by atoms with Gasteiger partial charge in [-0.2, -0.15) is 29.9 Å². The summed E-state index contributed by atoms with van der Waals surface area (Å²) >= 11 is 5.47. The average Bonchev–Trinajstić information content (AvgIpc) is 2.91. The normalized spacial score (nSPS) is 11.1. The molecule has 2 aliphatic heterocycles. The zero-order valence-electron chi connectivity index (χ0n) is 47.1. The Hall–Kier alpha value is -11.5. The first-order valence-corrected chi connectivity index (χ1v) is 25.0. The molecule has 0 unspecified atom stereocenters. The van der Waals surface area contributed by atoms with Crippen molar-refractivity contribution in [3.63, 3.8) is 0 Å². The summed E-state index contributed by atoms with van der Waals surface area (Å²) in [7, 11) is 8.86. The third-order valence-electron chi connectivity index (χ3n) is 10.6. The number of hydrogen-bond donors (Lipinski definition) is 8. The van der Waals surface area contributed by atoms with E-state index < -0.39 is 15.9 Å². The maximum atomic E-state index is 12.3. The van der Waals surface area contributed by atoms with Crippen LogP contribution in [0.1, 0.15) is 12.5 Å². The van der Waals surface area contributed by atoms with E-state index in [-0.39, 0.29) is 83.2 Å². The molecular weight excluding hydrogens is 1150 g/mol. The summed E-state index contributed by atoms with van der Waals surface area (Å²) in [5.74, 6) is 2.75. The van der Waals surface area contributed by atoms with Crippen molar-refractivity contribution in [2.45, 2.75) is 13.5 Å².